The highest BCUT2D eigenvalue weighted by atomic mass is 16.4. The molecule has 0 radical (unpaired) electrons. The van der Waals surface area contributed by atoms with Gasteiger partial charge < -0.3 is 26.0 Å². The van der Waals surface area contributed by atoms with Gasteiger partial charge in [-0.05, 0) is 44.6 Å². The number of nitrogens with one attached hydrogen (secondary N) is 3. The molecule has 0 bridgehead atoms. The number of hydrogen-bond donors (Lipinski definition) is 4. The third kappa shape index (κ3) is 5.92. The van der Waals surface area contributed by atoms with Crippen molar-refractivity contribution in [3.63, 3.8) is 0 Å². The standard InChI is InChI=1S/C18H30N4O5/c1-11(2)9-13(16(25)20-10-15(23)24)21-17(26)14-6-4-8-22(14)18(27)12-5-3-7-19-12/h11-14,19H,3-10H2,1-2H3,(H,20,25)(H,21,26)(H,23,24). The second kappa shape index (κ2) is 9.68. The number of carbonyl (C=O) groups excluding carboxylic acids is 3. The van der Waals surface area contributed by atoms with Gasteiger partial charge in [0, 0.05) is 6.54 Å². The Morgan fingerprint density at radius 3 is 2.52 bits per heavy atom. The number of nitrogens with zero attached hydrogens (tertiary/aromatic N) is 1. The van der Waals surface area contributed by atoms with Crippen molar-refractivity contribution in [1.29, 1.82) is 0 Å². The number of rotatable bonds is 8. The van der Waals surface area contributed by atoms with E-state index in [1.165, 1.54) is 0 Å². The van der Waals surface area contributed by atoms with Crippen LogP contribution in [0.1, 0.15) is 46.0 Å². The van der Waals surface area contributed by atoms with Crippen LogP contribution in [0.4, 0.5) is 0 Å². The molecule has 9 heteroatoms. The summed E-state index contributed by atoms with van der Waals surface area (Å²) in [4.78, 5) is 50.0. The van der Waals surface area contributed by atoms with E-state index in [0.29, 0.717) is 19.4 Å². The average Bonchev–Trinajstić information content (AvgIpc) is 3.29. The summed E-state index contributed by atoms with van der Waals surface area (Å²) >= 11 is 0. The van der Waals surface area contributed by atoms with Gasteiger partial charge in [-0.3, -0.25) is 19.2 Å². The summed E-state index contributed by atoms with van der Waals surface area (Å²) in [6.07, 6.45) is 3.42. The second-order valence-corrected chi connectivity index (χ2v) is 7.64. The lowest BCUT2D eigenvalue weighted by Crippen LogP contribution is -2.55. The Balaban J connectivity index is 2.00. The average molecular weight is 382 g/mol. The zero-order chi connectivity index (χ0) is 20.0. The van der Waals surface area contributed by atoms with Gasteiger partial charge in [0.2, 0.25) is 17.7 Å². The molecule has 0 aromatic heterocycles. The molecule has 3 unspecified atom stereocenters. The monoisotopic (exact) mass is 382 g/mol. The van der Waals surface area contributed by atoms with E-state index in [0.717, 1.165) is 25.8 Å². The van der Waals surface area contributed by atoms with Gasteiger partial charge in [-0.1, -0.05) is 13.8 Å². The summed E-state index contributed by atoms with van der Waals surface area (Å²) in [7, 11) is 0. The molecule has 3 amide bonds. The predicted octanol–water partition coefficient (Wildman–Crippen LogP) is -0.539. The molecule has 2 rings (SSSR count). The quantitative estimate of drug-likeness (QED) is 0.446. The Bertz CT molecular complexity index is 574. The Hall–Kier alpha value is -2.16. The van der Waals surface area contributed by atoms with Crippen LogP contribution in [0.15, 0.2) is 0 Å². The van der Waals surface area contributed by atoms with Crippen molar-refractivity contribution in [2.75, 3.05) is 19.6 Å². The summed E-state index contributed by atoms with van der Waals surface area (Å²) in [6.45, 7) is 4.68. The highest BCUT2D eigenvalue weighted by Crippen LogP contribution is 2.21. The Kier molecular flexibility index (Phi) is 7.58. The van der Waals surface area contributed by atoms with Gasteiger partial charge >= 0.3 is 5.97 Å². The normalized spacial score (nSPS) is 23.3. The van der Waals surface area contributed by atoms with Crippen LogP contribution in [0.25, 0.3) is 0 Å². The van der Waals surface area contributed by atoms with Crippen molar-refractivity contribution in [2.24, 2.45) is 5.92 Å². The molecular weight excluding hydrogens is 352 g/mol. The first-order valence-corrected chi connectivity index (χ1v) is 9.63. The lowest BCUT2D eigenvalue weighted by Gasteiger charge is -2.28. The van der Waals surface area contributed by atoms with Crippen molar-refractivity contribution in [3.05, 3.63) is 0 Å². The Morgan fingerprint density at radius 2 is 1.93 bits per heavy atom. The second-order valence-electron chi connectivity index (χ2n) is 7.64. The van der Waals surface area contributed by atoms with Crippen molar-refractivity contribution in [1.82, 2.24) is 20.9 Å². The molecule has 152 valence electrons. The van der Waals surface area contributed by atoms with Crippen LogP contribution in [-0.4, -0.2) is 71.5 Å². The Labute approximate surface area is 159 Å². The van der Waals surface area contributed by atoms with Crippen LogP contribution >= 0.6 is 0 Å². The summed E-state index contributed by atoms with van der Waals surface area (Å²) in [5, 5.41) is 16.9. The number of carboxylic acids is 1. The SMILES string of the molecule is CC(C)CC(NC(=O)C1CCCN1C(=O)C1CCCN1)C(=O)NCC(=O)O. The summed E-state index contributed by atoms with van der Waals surface area (Å²) in [6, 6.07) is -1.63. The van der Waals surface area contributed by atoms with E-state index < -0.39 is 30.5 Å². The van der Waals surface area contributed by atoms with Gasteiger partial charge in [-0.25, -0.2) is 0 Å². The first-order valence-electron chi connectivity index (χ1n) is 9.63. The number of hydrogen-bond acceptors (Lipinski definition) is 5. The van der Waals surface area contributed by atoms with Crippen molar-refractivity contribution >= 4 is 23.7 Å². The van der Waals surface area contributed by atoms with Gasteiger partial charge in [0.05, 0.1) is 6.04 Å². The molecule has 2 heterocycles. The fraction of sp³-hybridized carbons (Fsp3) is 0.778. The van der Waals surface area contributed by atoms with E-state index in [1.54, 1.807) is 4.90 Å². The lowest BCUT2D eigenvalue weighted by atomic mass is 10.0. The maximum Gasteiger partial charge on any atom is 0.322 e. The number of carbonyl (C=O) groups is 4. The van der Waals surface area contributed by atoms with Crippen LogP contribution in [0.5, 0.6) is 0 Å². The van der Waals surface area contributed by atoms with Crippen LogP contribution in [-0.2, 0) is 19.2 Å². The molecule has 4 N–H and O–H groups in total. The zero-order valence-corrected chi connectivity index (χ0v) is 16.0. The molecular formula is C18H30N4O5. The highest BCUT2D eigenvalue weighted by Gasteiger charge is 2.38. The molecule has 0 aromatic carbocycles. The van der Waals surface area contributed by atoms with Gasteiger partial charge in [0.1, 0.15) is 18.6 Å². The topological polar surface area (TPSA) is 128 Å². The molecule has 3 atom stereocenters. The third-order valence-corrected chi connectivity index (χ3v) is 4.95. The van der Waals surface area contributed by atoms with E-state index in [2.05, 4.69) is 16.0 Å². The number of aliphatic carboxylic acids is 1. The van der Waals surface area contributed by atoms with Gasteiger partial charge in [-0.15, -0.1) is 0 Å². The van der Waals surface area contributed by atoms with Gasteiger partial charge in [-0.2, -0.15) is 0 Å². The van der Waals surface area contributed by atoms with Gasteiger partial charge in [0.25, 0.3) is 0 Å². The van der Waals surface area contributed by atoms with Gasteiger partial charge in [0.15, 0.2) is 0 Å². The van der Waals surface area contributed by atoms with Crippen LogP contribution in [0, 0.1) is 5.92 Å². The first kappa shape index (κ1) is 21.1. The minimum atomic E-state index is -1.14. The number of amides is 3. The maximum absolute atomic E-state index is 12.8. The van der Waals surface area contributed by atoms with Crippen LogP contribution in [0.3, 0.4) is 0 Å². The summed E-state index contributed by atoms with van der Waals surface area (Å²) < 4.78 is 0. The van der Waals surface area contributed by atoms with E-state index in [4.69, 9.17) is 5.11 Å². The molecule has 27 heavy (non-hydrogen) atoms. The summed E-state index contributed by atoms with van der Waals surface area (Å²) in [5.74, 6) is -1.94. The van der Waals surface area contributed by atoms with Crippen molar-refractivity contribution in [3.8, 4) is 0 Å². The minimum Gasteiger partial charge on any atom is -0.480 e. The number of carboxylic acid groups (broad SMARTS) is 1. The minimum absolute atomic E-state index is 0.0547. The van der Waals surface area contributed by atoms with E-state index >= 15 is 0 Å². The molecule has 0 spiro atoms. The summed E-state index contributed by atoms with van der Waals surface area (Å²) in [5.41, 5.74) is 0. The van der Waals surface area contributed by atoms with Crippen LogP contribution in [0.2, 0.25) is 0 Å². The van der Waals surface area contributed by atoms with Crippen molar-refractivity contribution < 1.29 is 24.3 Å². The lowest BCUT2D eigenvalue weighted by molar-refractivity contribution is -0.141. The molecule has 2 aliphatic rings. The predicted molar refractivity (Wildman–Crippen MR) is 97.8 cm³/mol. The highest BCUT2D eigenvalue weighted by molar-refractivity contribution is 5.94. The molecule has 2 fully saturated rings. The largest absolute Gasteiger partial charge is 0.480 e. The molecule has 2 aliphatic heterocycles. The fourth-order valence-electron chi connectivity index (χ4n) is 3.66. The fourth-order valence-corrected chi connectivity index (χ4v) is 3.66. The molecule has 0 aromatic rings. The zero-order valence-electron chi connectivity index (χ0n) is 16.0. The number of likely N-dealkylation sites (tertiary alicyclic amines) is 1. The maximum atomic E-state index is 12.8. The first-order chi connectivity index (χ1) is 12.8. The smallest absolute Gasteiger partial charge is 0.322 e. The van der Waals surface area contributed by atoms with E-state index in [-0.39, 0.29) is 23.8 Å². The van der Waals surface area contributed by atoms with E-state index in [1.807, 2.05) is 13.8 Å². The molecule has 9 nitrogen and oxygen atoms in total. The van der Waals surface area contributed by atoms with E-state index in [9.17, 15) is 19.2 Å². The molecule has 0 aliphatic carbocycles. The molecule has 2 saturated heterocycles. The van der Waals surface area contributed by atoms with Crippen molar-refractivity contribution in [2.45, 2.75) is 64.1 Å². The van der Waals surface area contributed by atoms with Crippen LogP contribution < -0.4 is 16.0 Å². The Morgan fingerprint density at radius 1 is 1.19 bits per heavy atom. The molecule has 0 saturated carbocycles. The third-order valence-electron chi connectivity index (χ3n) is 4.95.